The van der Waals surface area contributed by atoms with Crippen LogP contribution in [0.2, 0.25) is 0 Å². The molecule has 0 radical (unpaired) electrons. The molecule has 1 aromatic carbocycles. The van der Waals surface area contributed by atoms with Crippen molar-refractivity contribution >= 4 is 17.7 Å². The Labute approximate surface area is 145 Å². The van der Waals surface area contributed by atoms with Gasteiger partial charge in [0.15, 0.2) is 0 Å². The van der Waals surface area contributed by atoms with Crippen LogP contribution in [0.1, 0.15) is 40.7 Å². The molecule has 3 unspecified atom stereocenters. The summed E-state index contributed by atoms with van der Waals surface area (Å²) in [5.41, 5.74) is 8.30. The van der Waals surface area contributed by atoms with Gasteiger partial charge in [0, 0.05) is 31.1 Å². The van der Waals surface area contributed by atoms with E-state index < -0.39 is 6.04 Å². The Kier molecular flexibility index (Phi) is 4.05. The zero-order valence-electron chi connectivity index (χ0n) is 14.0. The van der Waals surface area contributed by atoms with Crippen molar-refractivity contribution in [3.63, 3.8) is 0 Å². The molecule has 7 heteroatoms. The number of nitrogens with one attached hydrogen (secondary N) is 2. The van der Waals surface area contributed by atoms with Crippen molar-refractivity contribution in [1.29, 1.82) is 0 Å². The second-order valence-electron chi connectivity index (χ2n) is 7.11. The smallest absolute Gasteiger partial charge is 0.255 e. The molecule has 3 atom stereocenters. The molecule has 4 N–H and O–H groups in total. The summed E-state index contributed by atoms with van der Waals surface area (Å²) in [6, 6.07) is 5.82. The van der Waals surface area contributed by atoms with Crippen LogP contribution in [0, 0.1) is 5.92 Å². The van der Waals surface area contributed by atoms with Crippen LogP contribution in [0.15, 0.2) is 18.2 Å². The lowest BCUT2D eigenvalue weighted by atomic mass is 10.0. The third-order valence-corrected chi connectivity index (χ3v) is 5.39. The molecule has 2 heterocycles. The van der Waals surface area contributed by atoms with Gasteiger partial charge in [0.2, 0.25) is 11.8 Å². The first-order valence-electron chi connectivity index (χ1n) is 8.76. The van der Waals surface area contributed by atoms with Gasteiger partial charge in [0.1, 0.15) is 6.04 Å². The maximum Gasteiger partial charge on any atom is 0.255 e. The highest BCUT2D eigenvalue weighted by molar-refractivity contribution is 6.05. The van der Waals surface area contributed by atoms with E-state index in [2.05, 4.69) is 10.6 Å². The number of fused-ring (bicyclic) bond motifs is 1. The largest absolute Gasteiger partial charge is 0.330 e. The lowest BCUT2D eigenvalue weighted by molar-refractivity contribution is -0.136. The lowest BCUT2D eigenvalue weighted by Gasteiger charge is -2.29. The number of rotatable bonds is 5. The summed E-state index contributed by atoms with van der Waals surface area (Å²) in [7, 11) is 0. The van der Waals surface area contributed by atoms with Crippen molar-refractivity contribution in [1.82, 2.24) is 15.5 Å². The van der Waals surface area contributed by atoms with Crippen molar-refractivity contribution in [3.05, 3.63) is 34.9 Å². The minimum atomic E-state index is -0.559. The van der Waals surface area contributed by atoms with E-state index in [1.165, 1.54) is 0 Å². The minimum Gasteiger partial charge on any atom is -0.330 e. The summed E-state index contributed by atoms with van der Waals surface area (Å²) in [4.78, 5) is 37.7. The third kappa shape index (κ3) is 3.05. The van der Waals surface area contributed by atoms with Crippen LogP contribution in [-0.2, 0) is 22.7 Å². The van der Waals surface area contributed by atoms with Crippen molar-refractivity contribution in [2.45, 2.75) is 44.4 Å². The Balaban J connectivity index is 1.44. The molecule has 2 fully saturated rings. The van der Waals surface area contributed by atoms with Crippen LogP contribution in [0.5, 0.6) is 0 Å². The molecule has 2 aliphatic heterocycles. The van der Waals surface area contributed by atoms with E-state index in [1.807, 2.05) is 18.2 Å². The summed E-state index contributed by atoms with van der Waals surface area (Å²) in [6.45, 7) is 1.84. The van der Waals surface area contributed by atoms with Crippen LogP contribution in [0.25, 0.3) is 0 Å². The monoisotopic (exact) mass is 342 g/mol. The van der Waals surface area contributed by atoms with Crippen molar-refractivity contribution in [2.24, 2.45) is 11.7 Å². The van der Waals surface area contributed by atoms with E-state index in [1.54, 1.807) is 4.90 Å². The standard InChI is InChI=1S/C18H22N4O3/c19-7-12-6-14(12)20-8-10-1-2-11-9-22(18(25)13(11)5-10)15-3-4-16(23)21-17(15)24/h1-2,5,12,14-15,20H,3-4,6-9,19H2,(H,21,23,24). The maximum atomic E-state index is 12.7. The van der Waals surface area contributed by atoms with E-state index in [9.17, 15) is 14.4 Å². The number of amides is 3. The molecule has 1 saturated heterocycles. The predicted octanol–water partition coefficient (Wildman–Crippen LogP) is -0.116. The van der Waals surface area contributed by atoms with Gasteiger partial charge in [-0.2, -0.15) is 0 Å². The number of carbonyl (C=O) groups is 3. The van der Waals surface area contributed by atoms with Gasteiger partial charge in [-0.15, -0.1) is 0 Å². The van der Waals surface area contributed by atoms with Crippen molar-refractivity contribution < 1.29 is 14.4 Å². The average molecular weight is 342 g/mol. The first kappa shape index (κ1) is 16.2. The van der Waals surface area contributed by atoms with Gasteiger partial charge < -0.3 is 16.0 Å². The molecule has 1 aromatic rings. The molecule has 3 aliphatic rings. The number of hydrogen-bond acceptors (Lipinski definition) is 5. The highest BCUT2D eigenvalue weighted by atomic mass is 16.2. The van der Waals surface area contributed by atoms with E-state index >= 15 is 0 Å². The molecule has 1 aliphatic carbocycles. The molecule has 0 bridgehead atoms. The fraction of sp³-hybridized carbons (Fsp3) is 0.500. The average Bonchev–Trinajstić information content (AvgIpc) is 3.30. The number of imide groups is 1. The number of nitrogens with zero attached hydrogens (tertiary/aromatic N) is 1. The van der Waals surface area contributed by atoms with Crippen molar-refractivity contribution in [2.75, 3.05) is 6.54 Å². The quantitative estimate of drug-likeness (QED) is 0.648. The highest BCUT2D eigenvalue weighted by Crippen LogP contribution is 2.30. The number of hydrogen-bond donors (Lipinski definition) is 3. The van der Waals surface area contributed by atoms with Gasteiger partial charge in [-0.05, 0) is 42.5 Å². The van der Waals surface area contributed by atoms with Crippen LogP contribution < -0.4 is 16.4 Å². The van der Waals surface area contributed by atoms with Gasteiger partial charge >= 0.3 is 0 Å². The summed E-state index contributed by atoms with van der Waals surface area (Å²) < 4.78 is 0. The Bertz CT molecular complexity index is 748. The molecular formula is C18H22N4O3. The lowest BCUT2D eigenvalue weighted by Crippen LogP contribution is -2.52. The second-order valence-corrected chi connectivity index (χ2v) is 7.11. The summed E-state index contributed by atoms with van der Waals surface area (Å²) in [5.74, 6) is -0.202. The first-order valence-corrected chi connectivity index (χ1v) is 8.76. The van der Waals surface area contributed by atoms with Gasteiger partial charge in [0.25, 0.3) is 5.91 Å². The number of carbonyl (C=O) groups excluding carboxylic acids is 3. The van der Waals surface area contributed by atoms with Gasteiger partial charge in [-0.1, -0.05) is 12.1 Å². The molecule has 3 amide bonds. The Morgan fingerprint density at radius 1 is 1.28 bits per heavy atom. The van der Waals surface area contributed by atoms with Crippen LogP contribution in [0.4, 0.5) is 0 Å². The Hall–Kier alpha value is -2.25. The molecule has 25 heavy (non-hydrogen) atoms. The van der Waals surface area contributed by atoms with Crippen LogP contribution in [0.3, 0.4) is 0 Å². The summed E-state index contributed by atoms with van der Waals surface area (Å²) >= 11 is 0. The summed E-state index contributed by atoms with van der Waals surface area (Å²) in [5, 5.41) is 5.78. The molecule has 1 saturated carbocycles. The van der Waals surface area contributed by atoms with E-state index in [4.69, 9.17) is 5.73 Å². The molecule has 0 spiro atoms. The second kappa shape index (κ2) is 6.24. The normalized spacial score (nSPS) is 28.1. The number of benzene rings is 1. The van der Waals surface area contributed by atoms with E-state index in [0.717, 1.165) is 17.5 Å². The van der Waals surface area contributed by atoms with Crippen LogP contribution in [-0.4, -0.2) is 41.2 Å². The van der Waals surface area contributed by atoms with Gasteiger partial charge in [0.05, 0.1) is 0 Å². The minimum absolute atomic E-state index is 0.127. The zero-order valence-corrected chi connectivity index (χ0v) is 14.0. The number of piperidine rings is 1. The van der Waals surface area contributed by atoms with Gasteiger partial charge in [-0.3, -0.25) is 19.7 Å². The predicted molar refractivity (Wildman–Crippen MR) is 90.3 cm³/mol. The summed E-state index contributed by atoms with van der Waals surface area (Å²) in [6.07, 6.45) is 1.78. The highest BCUT2D eigenvalue weighted by Gasteiger charge is 2.39. The molecule has 4 rings (SSSR count). The molecular weight excluding hydrogens is 320 g/mol. The molecule has 132 valence electrons. The van der Waals surface area contributed by atoms with E-state index in [-0.39, 0.29) is 24.1 Å². The van der Waals surface area contributed by atoms with Crippen molar-refractivity contribution in [3.8, 4) is 0 Å². The fourth-order valence-electron chi connectivity index (χ4n) is 3.72. The topological polar surface area (TPSA) is 105 Å². The Morgan fingerprint density at radius 2 is 2.12 bits per heavy atom. The Morgan fingerprint density at radius 3 is 2.84 bits per heavy atom. The maximum absolute atomic E-state index is 12.7. The third-order valence-electron chi connectivity index (χ3n) is 5.39. The SMILES string of the molecule is NCC1CC1NCc1ccc2c(c1)C(=O)N(C1CCC(=O)NC1=O)C2. The van der Waals surface area contributed by atoms with E-state index in [0.29, 0.717) is 43.6 Å². The molecule has 0 aromatic heterocycles. The fourth-order valence-corrected chi connectivity index (χ4v) is 3.72. The molecule has 7 nitrogen and oxygen atoms in total. The van der Waals surface area contributed by atoms with Crippen LogP contribution >= 0.6 is 0 Å². The number of nitrogens with two attached hydrogens (primary N) is 1. The zero-order chi connectivity index (χ0) is 17.6. The first-order chi connectivity index (χ1) is 12.1. The van der Waals surface area contributed by atoms with Gasteiger partial charge in [-0.25, -0.2) is 0 Å².